The summed E-state index contributed by atoms with van der Waals surface area (Å²) in [6.45, 7) is 0. The Morgan fingerprint density at radius 2 is 1.15 bits per heavy atom. The van der Waals surface area contributed by atoms with Crippen LogP contribution in [0.25, 0.3) is 0 Å². The van der Waals surface area contributed by atoms with Crippen molar-refractivity contribution in [3.05, 3.63) is 0 Å². The van der Waals surface area contributed by atoms with Crippen molar-refractivity contribution in [3.8, 4) is 0 Å². The fraction of sp³-hybridized carbons (Fsp3) is 0.833. The van der Waals surface area contributed by atoms with E-state index in [4.69, 9.17) is 0 Å². The molecule has 0 saturated carbocycles. The van der Waals surface area contributed by atoms with E-state index < -0.39 is 31.0 Å². The van der Waals surface area contributed by atoms with Crippen LogP contribution < -0.4 is 0 Å². The Morgan fingerprint density at radius 3 is 1.50 bits per heavy atom. The van der Waals surface area contributed by atoms with Crippen molar-refractivity contribution < 1.29 is 63.3 Å². The molecule has 0 N–H and O–H groups in total. The Morgan fingerprint density at radius 1 is 0.750 bits per heavy atom. The summed E-state index contributed by atoms with van der Waals surface area (Å²) in [6, 6.07) is 0. The van der Waals surface area contributed by atoms with E-state index in [1.54, 1.807) is 4.74 Å². The third-order valence-electron chi connectivity index (χ3n) is 1.14. The average Bonchev–Trinajstić information content (AvgIpc) is 2.07. The molecule has 0 unspecified atom stereocenters. The number of methoxy groups -OCH3 is 1. The molecule has 0 heterocycles. The number of alkyl halides is 9. The molecule has 20 heavy (non-hydrogen) atoms. The summed E-state index contributed by atoms with van der Waals surface area (Å²) >= 11 is 0. The first kappa shape index (κ1) is 18.7. The van der Waals surface area contributed by atoms with Gasteiger partial charge >= 0.3 is 31.0 Å². The van der Waals surface area contributed by atoms with Crippen LogP contribution in [0.15, 0.2) is 0 Å². The zero-order valence-corrected chi connectivity index (χ0v) is 8.94. The van der Waals surface area contributed by atoms with E-state index in [1.165, 1.54) is 0 Å². The van der Waals surface area contributed by atoms with E-state index in [1.807, 2.05) is 4.74 Å². The van der Waals surface area contributed by atoms with Crippen molar-refractivity contribution in [2.24, 2.45) is 0 Å². The quantitative estimate of drug-likeness (QED) is 0.426. The van der Waals surface area contributed by atoms with Gasteiger partial charge in [0.15, 0.2) is 0 Å². The molecule has 0 aliphatic carbocycles. The van der Waals surface area contributed by atoms with E-state index in [-0.39, 0.29) is 0 Å². The van der Waals surface area contributed by atoms with Gasteiger partial charge in [-0.05, 0) is 0 Å². The second-order valence-electron chi connectivity index (χ2n) is 2.69. The molecule has 0 aromatic carbocycles. The minimum absolute atomic E-state index is 0.306. The number of carbonyl (C=O) groups excluding carboxylic acids is 1. The summed E-state index contributed by atoms with van der Waals surface area (Å²) < 4.78 is 118. The molecular formula is C6H3F9O5. The highest BCUT2D eigenvalue weighted by atomic mass is 19.4. The Balaban J connectivity index is 4.86. The number of esters is 1. The van der Waals surface area contributed by atoms with Crippen LogP contribution in [0, 0.1) is 0 Å². The summed E-state index contributed by atoms with van der Waals surface area (Å²) in [6.07, 6.45) is -23.7. The van der Waals surface area contributed by atoms with E-state index in [9.17, 15) is 44.3 Å². The SMILES string of the molecule is COC(=O)C(F)(F)OC(F)(F)OC(F)(F)OC(F)(F)F. The molecule has 0 aromatic heterocycles. The van der Waals surface area contributed by atoms with Crippen LogP contribution in [0.1, 0.15) is 0 Å². The highest BCUT2D eigenvalue weighted by molar-refractivity contribution is 5.75. The zero-order chi connectivity index (χ0) is 16.4. The molecule has 0 bridgehead atoms. The number of rotatable bonds is 6. The maximum Gasteiger partial charge on any atom is 0.529 e. The van der Waals surface area contributed by atoms with Gasteiger partial charge in [-0.3, -0.25) is 0 Å². The molecule has 0 atom stereocenters. The smallest absolute Gasteiger partial charge is 0.463 e. The van der Waals surface area contributed by atoms with Crippen molar-refractivity contribution in [1.82, 2.24) is 0 Å². The molecule has 0 radical (unpaired) electrons. The van der Waals surface area contributed by atoms with Crippen LogP contribution in [-0.4, -0.2) is 38.1 Å². The third kappa shape index (κ3) is 6.76. The molecule has 0 aliphatic rings. The lowest BCUT2D eigenvalue weighted by atomic mass is 10.6. The summed E-state index contributed by atoms with van der Waals surface area (Å²) in [5.41, 5.74) is 0. The second kappa shape index (κ2) is 5.61. The van der Waals surface area contributed by atoms with Crippen LogP contribution in [0.3, 0.4) is 0 Å². The van der Waals surface area contributed by atoms with E-state index in [2.05, 4.69) is 9.47 Å². The maximum atomic E-state index is 12.5. The van der Waals surface area contributed by atoms with E-state index in [0.29, 0.717) is 7.11 Å². The molecule has 0 saturated heterocycles. The van der Waals surface area contributed by atoms with Gasteiger partial charge in [-0.25, -0.2) is 14.3 Å². The highest BCUT2D eigenvalue weighted by Crippen LogP contribution is 2.37. The predicted octanol–water partition coefficient (Wildman–Crippen LogP) is 2.42. The van der Waals surface area contributed by atoms with E-state index in [0.717, 1.165) is 0 Å². The number of ether oxygens (including phenoxy) is 4. The summed E-state index contributed by atoms with van der Waals surface area (Å²) in [5.74, 6) is -2.74. The largest absolute Gasteiger partial charge is 0.529 e. The van der Waals surface area contributed by atoms with Gasteiger partial charge in [-0.2, -0.15) is 13.5 Å². The third-order valence-corrected chi connectivity index (χ3v) is 1.14. The second-order valence-corrected chi connectivity index (χ2v) is 2.69. The van der Waals surface area contributed by atoms with Crippen LogP contribution in [0.4, 0.5) is 39.5 Å². The summed E-state index contributed by atoms with van der Waals surface area (Å²) in [4.78, 5) is 10.2. The highest BCUT2D eigenvalue weighted by Gasteiger charge is 2.59. The molecule has 0 spiro atoms. The lowest BCUT2D eigenvalue weighted by Gasteiger charge is -2.25. The number of carbonyl (C=O) groups is 1. The molecule has 0 aromatic rings. The number of halogens is 9. The molecule has 0 fully saturated rings. The standard InChI is InChI=1S/C6H3F9O5/c1-17-2(16)3(7,8)18-5(12,13)20-6(14,15)19-4(9,10)11/h1H3. The zero-order valence-electron chi connectivity index (χ0n) is 8.94. The summed E-state index contributed by atoms with van der Waals surface area (Å²) in [7, 11) is 0.306. The minimum Gasteiger partial charge on any atom is -0.463 e. The lowest BCUT2D eigenvalue weighted by molar-refractivity contribution is -0.580. The van der Waals surface area contributed by atoms with Gasteiger partial charge in [-0.15, -0.1) is 30.7 Å². The Labute approximate surface area is 103 Å². The Bertz CT molecular complexity index is 351. The van der Waals surface area contributed by atoms with Crippen molar-refractivity contribution in [2.75, 3.05) is 7.11 Å². The van der Waals surface area contributed by atoms with Crippen molar-refractivity contribution in [2.45, 2.75) is 25.1 Å². The topological polar surface area (TPSA) is 54.0 Å². The van der Waals surface area contributed by atoms with Gasteiger partial charge in [0.1, 0.15) is 0 Å². The number of hydrogen-bond acceptors (Lipinski definition) is 5. The van der Waals surface area contributed by atoms with E-state index >= 15 is 0 Å². The van der Waals surface area contributed by atoms with Gasteiger partial charge < -0.3 is 4.74 Å². The van der Waals surface area contributed by atoms with Crippen molar-refractivity contribution >= 4 is 5.97 Å². The van der Waals surface area contributed by atoms with Crippen LogP contribution in [0.5, 0.6) is 0 Å². The van der Waals surface area contributed by atoms with Crippen molar-refractivity contribution in [1.29, 1.82) is 0 Å². The van der Waals surface area contributed by atoms with Gasteiger partial charge in [-0.1, -0.05) is 0 Å². The molecule has 0 amide bonds. The van der Waals surface area contributed by atoms with Crippen LogP contribution in [-0.2, 0) is 23.7 Å². The van der Waals surface area contributed by atoms with Crippen molar-refractivity contribution in [3.63, 3.8) is 0 Å². The normalized spacial score (nSPS) is 14.3. The fourth-order valence-electron chi connectivity index (χ4n) is 0.624. The maximum absolute atomic E-state index is 12.5. The van der Waals surface area contributed by atoms with Crippen LogP contribution >= 0.6 is 0 Å². The molecule has 120 valence electrons. The van der Waals surface area contributed by atoms with Gasteiger partial charge in [0.25, 0.3) is 0 Å². The Hall–Kier alpha value is -1.28. The number of hydrogen-bond donors (Lipinski definition) is 0. The molecule has 0 rings (SSSR count). The van der Waals surface area contributed by atoms with Gasteiger partial charge in [0, 0.05) is 0 Å². The molecule has 0 aliphatic heterocycles. The lowest BCUT2D eigenvalue weighted by Crippen LogP contribution is -2.46. The first-order chi connectivity index (χ1) is 8.60. The molecule has 5 nitrogen and oxygen atoms in total. The fourth-order valence-corrected chi connectivity index (χ4v) is 0.624. The molecular weight excluding hydrogens is 323 g/mol. The predicted molar refractivity (Wildman–Crippen MR) is 36.2 cm³/mol. The monoisotopic (exact) mass is 326 g/mol. The average molecular weight is 326 g/mol. The minimum atomic E-state index is -6.12. The first-order valence-electron chi connectivity index (χ1n) is 3.99. The molecule has 14 heteroatoms. The summed E-state index contributed by atoms with van der Waals surface area (Å²) in [5, 5.41) is 0. The Kier molecular flexibility index (Phi) is 5.25. The van der Waals surface area contributed by atoms with Gasteiger partial charge in [0.05, 0.1) is 7.11 Å². The van der Waals surface area contributed by atoms with Crippen LogP contribution in [0.2, 0.25) is 0 Å². The van der Waals surface area contributed by atoms with Gasteiger partial charge in [0.2, 0.25) is 0 Å². The first-order valence-corrected chi connectivity index (χ1v) is 3.99.